The monoisotopic (exact) mass is 266 g/mol. The van der Waals surface area contributed by atoms with Crippen LogP contribution in [-0.2, 0) is 4.79 Å². The summed E-state index contributed by atoms with van der Waals surface area (Å²) in [4.78, 5) is 13.2. The average molecular weight is 266 g/mol. The van der Waals surface area contributed by atoms with Crippen molar-refractivity contribution in [2.24, 2.45) is 5.92 Å². The van der Waals surface area contributed by atoms with Crippen LogP contribution in [0.5, 0.6) is 0 Å². The fourth-order valence-electron chi connectivity index (χ4n) is 2.53. The Labute approximate surface area is 103 Å². The van der Waals surface area contributed by atoms with Gasteiger partial charge in [-0.3, -0.25) is 4.79 Å². The quantitative estimate of drug-likeness (QED) is 0.727. The first-order chi connectivity index (χ1) is 8.33. The van der Waals surface area contributed by atoms with E-state index in [9.17, 15) is 23.1 Å². The molecule has 0 aromatic rings. The Hall–Kier alpha value is -0.820. The summed E-state index contributed by atoms with van der Waals surface area (Å²) in [6.45, 7) is 0.702. The van der Waals surface area contributed by atoms with Crippen LogP contribution in [0.25, 0.3) is 0 Å². The van der Waals surface area contributed by atoms with Gasteiger partial charge >= 0.3 is 6.18 Å². The van der Waals surface area contributed by atoms with Crippen molar-refractivity contribution in [2.75, 3.05) is 26.2 Å². The van der Waals surface area contributed by atoms with Crippen molar-refractivity contribution in [1.82, 2.24) is 10.2 Å². The number of nitrogens with one attached hydrogen (secondary N) is 1. The summed E-state index contributed by atoms with van der Waals surface area (Å²) in [5.74, 6) is -0.531. The summed E-state index contributed by atoms with van der Waals surface area (Å²) >= 11 is 0. The molecule has 0 radical (unpaired) electrons. The van der Waals surface area contributed by atoms with Crippen LogP contribution >= 0.6 is 0 Å². The number of hydrogen-bond donors (Lipinski definition) is 2. The molecule has 0 spiro atoms. The average Bonchev–Trinajstić information content (AvgIpc) is 2.73. The molecule has 0 bridgehead atoms. The summed E-state index contributed by atoms with van der Waals surface area (Å²) in [5, 5.41) is 12.6. The number of nitrogens with zero attached hydrogens (tertiary/aromatic N) is 1. The summed E-state index contributed by atoms with van der Waals surface area (Å²) in [7, 11) is 0. The molecule has 2 rings (SSSR count). The summed E-state index contributed by atoms with van der Waals surface area (Å²) < 4.78 is 37.9. The Bertz CT molecular complexity index is 329. The molecule has 2 fully saturated rings. The highest BCUT2D eigenvalue weighted by Crippen LogP contribution is 2.38. The van der Waals surface area contributed by atoms with Crippen LogP contribution in [0.4, 0.5) is 13.2 Å². The van der Waals surface area contributed by atoms with E-state index >= 15 is 0 Å². The van der Waals surface area contributed by atoms with Crippen LogP contribution in [0.1, 0.15) is 19.3 Å². The number of halogens is 3. The predicted octanol–water partition coefficient (Wildman–Crippen LogP) is 0.512. The largest absolute Gasteiger partial charge is 0.419 e. The minimum Gasteiger partial charge on any atom is -0.379 e. The first-order valence-electron chi connectivity index (χ1n) is 6.12. The van der Waals surface area contributed by atoms with Crippen molar-refractivity contribution >= 4 is 5.91 Å². The van der Waals surface area contributed by atoms with Crippen LogP contribution in [0.3, 0.4) is 0 Å². The Balaban J connectivity index is 1.98. The molecule has 1 amide bonds. The number of amides is 1. The van der Waals surface area contributed by atoms with Crippen LogP contribution in [0.15, 0.2) is 0 Å². The molecule has 7 heteroatoms. The molecular formula is C11H17F3N2O2. The van der Waals surface area contributed by atoms with Gasteiger partial charge in [-0.05, 0) is 19.4 Å². The Morgan fingerprint density at radius 1 is 1.44 bits per heavy atom. The number of hydrogen-bond acceptors (Lipinski definition) is 3. The molecule has 2 aliphatic heterocycles. The maximum atomic E-state index is 12.6. The predicted molar refractivity (Wildman–Crippen MR) is 57.8 cm³/mol. The number of carbonyl (C=O) groups excluding carboxylic acids is 1. The topological polar surface area (TPSA) is 52.6 Å². The molecule has 2 atom stereocenters. The number of piperidine rings is 1. The highest BCUT2D eigenvalue weighted by atomic mass is 19.4. The zero-order valence-corrected chi connectivity index (χ0v) is 9.96. The van der Waals surface area contributed by atoms with Gasteiger partial charge in [0.1, 0.15) is 0 Å². The molecule has 2 heterocycles. The lowest BCUT2D eigenvalue weighted by atomic mass is 9.98. The van der Waals surface area contributed by atoms with Crippen LogP contribution < -0.4 is 5.32 Å². The normalized spacial score (nSPS) is 33.8. The van der Waals surface area contributed by atoms with Crippen LogP contribution in [0.2, 0.25) is 0 Å². The zero-order valence-electron chi connectivity index (χ0n) is 9.96. The molecule has 18 heavy (non-hydrogen) atoms. The minimum absolute atomic E-state index is 0.0225. The smallest absolute Gasteiger partial charge is 0.379 e. The first kappa shape index (κ1) is 13.6. The maximum absolute atomic E-state index is 12.6. The van der Waals surface area contributed by atoms with Gasteiger partial charge in [0.25, 0.3) is 0 Å². The van der Waals surface area contributed by atoms with Gasteiger partial charge in [0, 0.05) is 19.5 Å². The van der Waals surface area contributed by atoms with Gasteiger partial charge in [-0.1, -0.05) is 0 Å². The molecule has 0 unspecified atom stereocenters. The molecule has 2 N–H and O–H groups in total. The van der Waals surface area contributed by atoms with Crippen molar-refractivity contribution in [3.05, 3.63) is 0 Å². The van der Waals surface area contributed by atoms with Gasteiger partial charge in [-0.2, -0.15) is 13.2 Å². The zero-order chi connectivity index (χ0) is 13.4. The highest BCUT2D eigenvalue weighted by Gasteiger charge is 2.58. The van der Waals surface area contributed by atoms with Gasteiger partial charge in [0.15, 0.2) is 5.60 Å². The molecule has 0 aliphatic carbocycles. The number of β-amino-alcohol motifs (C(OH)–C–C–N with tert-alkyl or cyclic N) is 1. The maximum Gasteiger partial charge on any atom is 0.419 e. The van der Waals surface area contributed by atoms with Crippen molar-refractivity contribution in [1.29, 1.82) is 0 Å². The van der Waals surface area contributed by atoms with Gasteiger partial charge in [0.2, 0.25) is 5.91 Å². The molecule has 0 aromatic carbocycles. The standard InChI is InChI=1S/C11H17F3N2O2/c12-11(13,14)10(18)3-5-16(7-10)9(17)8-2-1-4-15-6-8/h8,15,18H,1-7H2/t8-,10+/m1/s1. The van der Waals surface area contributed by atoms with E-state index in [1.807, 2.05) is 0 Å². The van der Waals surface area contributed by atoms with Crippen LogP contribution in [0, 0.1) is 5.92 Å². The van der Waals surface area contributed by atoms with E-state index in [0.29, 0.717) is 13.0 Å². The lowest BCUT2D eigenvalue weighted by molar-refractivity contribution is -0.253. The van der Waals surface area contributed by atoms with E-state index in [4.69, 9.17) is 0 Å². The van der Waals surface area contributed by atoms with E-state index in [1.54, 1.807) is 0 Å². The lowest BCUT2D eigenvalue weighted by Gasteiger charge is -2.29. The highest BCUT2D eigenvalue weighted by molar-refractivity contribution is 5.79. The van der Waals surface area contributed by atoms with E-state index in [2.05, 4.69) is 5.32 Å². The summed E-state index contributed by atoms with van der Waals surface area (Å²) in [6.07, 6.45) is -3.55. The second kappa shape index (κ2) is 4.70. The molecule has 2 aliphatic rings. The Kier molecular flexibility index (Phi) is 3.55. The van der Waals surface area contributed by atoms with E-state index in [0.717, 1.165) is 17.9 Å². The molecule has 2 saturated heterocycles. The fraction of sp³-hybridized carbons (Fsp3) is 0.909. The summed E-state index contributed by atoms with van der Waals surface area (Å²) in [6, 6.07) is 0. The fourth-order valence-corrected chi connectivity index (χ4v) is 2.53. The van der Waals surface area contributed by atoms with Gasteiger partial charge in [-0.25, -0.2) is 0 Å². The number of likely N-dealkylation sites (tertiary alicyclic amines) is 1. The molecular weight excluding hydrogens is 249 g/mol. The number of rotatable bonds is 1. The van der Waals surface area contributed by atoms with Crippen LogP contribution in [-0.4, -0.2) is 53.9 Å². The third kappa shape index (κ3) is 2.47. The first-order valence-corrected chi connectivity index (χ1v) is 6.12. The van der Waals surface area contributed by atoms with E-state index < -0.39 is 24.7 Å². The number of carbonyl (C=O) groups is 1. The molecule has 4 nitrogen and oxygen atoms in total. The van der Waals surface area contributed by atoms with E-state index in [1.165, 1.54) is 0 Å². The second-order valence-electron chi connectivity index (χ2n) is 5.08. The molecule has 0 saturated carbocycles. The molecule has 0 aromatic heterocycles. The third-order valence-electron chi connectivity index (χ3n) is 3.73. The van der Waals surface area contributed by atoms with Gasteiger partial charge in [0.05, 0.1) is 12.5 Å². The number of aliphatic hydroxyl groups is 1. The van der Waals surface area contributed by atoms with Gasteiger partial charge in [-0.15, -0.1) is 0 Å². The van der Waals surface area contributed by atoms with Crippen molar-refractivity contribution in [3.63, 3.8) is 0 Å². The minimum atomic E-state index is -4.67. The van der Waals surface area contributed by atoms with Crippen molar-refractivity contribution in [2.45, 2.75) is 31.0 Å². The van der Waals surface area contributed by atoms with E-state index in [-0.39, 0.29) is 18.4 Å². The SMILES string of the molecule is O=C([C@@H]1CCCNC1)N1CC[C@@](O)(C(F)(F)F)C1. The van der Waals surface area contributed by atoms with Crippen molar-refractivity contribution < 1.29 is 23.1 Å². The second-order valence-corrected chi connectivity index (χ2v) is 5.08. The van der Waals surface area contributed by atoms with Gasteiger partial charge < -0.3 is 15.3 Å². The van der Waals surface area contributed by atoms with Crippen molar-refractivity contribution in [3.8, 4) is 0 Å². The third-order valence-corrected chi connectivity index (χ3v) is 3.73. The lowest BCUT2D eigenvalue weighted by Crippen LogP contribution is -2.49. The summed E-state index contributed by atoms with van der Waals surface area (Å²) in [5.41, 5.74) is -2.73. The Morgan fingerprint density at radius 2 is 2.17 bits per heavy atom. The Morgan fingerprint density at radius 3 is 2.67 bits per heavy atom. The number of alkyl halides is 3. The molecule has 104 valence electrons.